The fourth-order valence-electron chi connectivity index (χ4n) is 3.45. The van der Waals surface area contributed by atoms with Crippen LogP contribution in [0.2, 0.25) is 0 Å². The first kappa shape index (κ1) is 20.0. The molecule has 2 aromatic carbocycles. The minimum atomic E-state index is -0.727. The molecule has 0 unspecified atom stereocenters. The molecule has 2 aliphatic heterocycles. The Bertz CT molecular complexity index is 914. The smallest absolute Gasteiger partial charge is 0.313 e. The molecule has 0 aliphatic carbocycles. The number of piperazine rings is 1. The van der Waals surface area contributed by atoms with E-state index in [9.17, 15) is 14.0 Å². The van der Waals surface area contributed by atoms with Gasteiger partial charge in [-0.25, -0.2) is 4.39 Å². The molecule has 2 amide bonds. The molecule has 1 saturated heterocycles. The van der Waals surface area contributed by atoms with Gasteiger partial charge in [0.25, 0.3) is 0 Å². The number of ether oxygens (including phenoxy) is 2. The summed E-state index contributed by atoms with van der Waals surface area (Å²) in [5, 5.41) is 5.20. The summed E-state index contributed by atoms with van der Waals surface area (Å²) < 4.78 is 23.5. The van der Waals surface area contributed by atoms with Crippen molar-refractivity contribution in [2.45, 2.75) is 0 Å². The number of rotatable bonds is 5. The second-order valence-corrected chi connectivity index (χ2v) is 7.08. The van der Waals surface area contributed by atoms with E-state index in [-0.39, 0.29) is 12.6 Å². The van der Waals surface area contributed by atoms with E-state index in [1.165, 1.54) is 12.1 Å². The van der Waals surface area contributed by atoms with Crippen LogP contribution in [0.3, 0.4) is 0 Å². The summed E-state index contributed by atoms with van der Waals surface area (Å²) in [5.74, 6) is -0.506. The lowest BCUT2D eigenvalue weighted by Crippen LogP contribution is -2.49. The third-order valence-corrected chi connectivity index (χ3v) is 5.11. The third kappa shape index (κ3) is 4.80. The summed E-state index contributed by atoms with van der Waals surface area (Å²) in [7, 11) is 0. The van der Waals surface area contributed by atoms with Gasteiger partial charge in [-0.3, -0.25) is 14.5 Å². The first-order chi connectivity index (χ1) is 14.6. The molecule has 0 saturated carbocycles. The van der Waals surface area contributed by atoms with Gasteiger partial charge in [0.2, 0.25) is 6.79 Å². The number of hydrogen-bond acceptors (Lipinski definition) is 6. The normalized spacial score (nSPS) is 15.7. The minimum Gasteiger partial charge on any atom is -0.454 e. The Morgan fingerprint density at radius 2 is 1.67 bits per heavy atom. The lowest BCUT2D eigenvalue weighted by molar-refractivity contribution is -0.136. The van der Waals surface area contributed by atoms with Gasteiger partial charge in [-0.2, -0.15) is 0 Å². The van der Waals surface area contributed by atoms with Gasteiger partial charge in [0.1, 0.15) is 5.82 Å². The second kappa shape index (κ2) is 9.00. The van der Waals surface area contributed by atoms with E-state index in [1.807, 2.05) is 0 Å². The van der Waals surface area contributed by atoms with Crippen molar-refractivity contribution >= 4 is 23.2 Å². The highest BCUT2D eigenvalue weighted by atomic mass is 19.1. The van der Waals surface area contributed by atoms with E-state index in [4.69, 9.17) is 9.47 Å². The molecule has 0 radical (unpaired) electrons. The molecule has 2 N–H and O–H groups in total. The van der Waals surface area contributed by atoms with Crippen molar-refractivity contribution in [1.82, 2.24) is 10.2 Å². The fraction of sp³-hybridized carbons (Fsp3) is 0.333. The molecule has 8 nitrogen and oxygen atoms in total. The number of benzene rings is 2. The number of amides is 2. The van der Waals surface area contributed by atoms with Gasteiger partial charge in [0.15, 0.2) is 11.5 Å². The Kier molecular flexibility index (Phi) is 5.99. The number of nitrogens with one attached hydrogen (secondary N) is 2. The summed E-state index contributed by atoms with van der Waals surface area (Å²) in [6.45, 7) is 4.48. The molecule has 0 spiro atoms. The van der Waals surface area contributed by atoms with Crippen LogP contribution in [0, 0.1) is 5.82 Å². The Balaban J connectivity index is 1.17. The molecule has 0 bridgehead atoms. The number of nitrogens with zero attached hydrogens (tertiary/aromatic N) is 2. The Morgan fingerprint density at radius 3 is 2.43 bits per heavy atom. The van der Waals surface area contributed by atoms with Crippen LogP contribution in [0.25, 0.3) is 0 Å². The molecular weight excluding hydrogens is 391 g/mol. The average molecular weight is 414 g/mol. The van der Waals surface area contributed by atoms with E-state index in [0.29, 0.717) is 30.3 Å². The predicted octanol–water partition coefficient (Wildman–Crippen LogP) is 1.43. The highest BCUT2D eigenvalue weighted by Gasteiger charge is 2.19. The van der Waals surface area contributed by atoms with Crippen LogP contribution in [0.15, 0.2) is 42.5 Å². The molecule has 1 fully saturated rings. The molecule has 9 heteroatoms. The van der Waals surface area contributed by atoms with Crippen molar-refractivity contribution in [1.29, 1.82) is 0 Å². The average Bonchev–Trinajstić information content (AvgIpc) is 3.22. The number of carbonyl (C=O) groups is 2. The predicted molar refractivity (Wildman–Crippen MR) is 109 cm³/mol. The monoisotopic (exact) mass is 414 g/mol. The lowest BCUT2D eigenvalue weighted by atomic mass is 10.2. The molecule has 30 heavy (non-hydrogen) atoms. The van der Waals surface area contributed by atoms with Crippen LogP contribution in [0.5, 0.6) is 11.5 Å². The van der Waals surface area contributed by atoms with Gasteiger partial charge in [-0.05, 0) is 36.4 Å². The van der Waals surface area contributed by atoms with E-state index in [1.54, 1.807) is 30.3 Å². The van der Waals surface area contributed by atoms with E-state index < -0.39 is 11.8 Å². The van der Waals surface area contributed by atoms with Crippen molar-refractivity contribution in [2.24, 2.45) is 0 Å². The number of anilines is 2. The largest absolute Gasteiger partial charge is 0.454 e. The van der Waals surface area contributed by atoms with Crippen LogP contribution in [-0.2, 0) is 9.59 Å². The number of carbonyl (C=O) groups excluding carboxylic acids is 2. The van der Waals surface area contributed by atoms with Gasteiger partial charge < -0.3 is 25.0 Å². The first-order valence-corrected chi connectivity index (χ1v) is 9.80. The highest BCUT2D eigenvalue weighted by Crippen LogP contribution is 2.34. The van der Waals surface area contributed by atoms with Crippen LogP contribution in [0.4, 0.5) is 15.8 Å². The Morgan fingerprint density at radius 1 is 0.933 bits per heavy atom. The van der Waals surface area contributed by atoms with Crippen molar-refractivity contribution in [3.63, 3.8) is 0 Å². The van der Waals surface area contributed by atoms with Gasteiger partial charge >= 0.3 is 11.8 Å². The molecule has 2 aromatic rings. The maximum atomic E-state index is 13.1. The van der Waals surface area contributed by atoms with Crippen LogP contribution < -0.4 is 25.0 Å². The first-order valence-electron chi connectivity index (χ1n) is 9.80. The minimum absolute atomic E-state index is 0.144. The SMILES string of the molecule is O=C(NCCN1CCN(c2ccc(F)cc2)CC1)C(=O)Nc1ccc2c(c1)OCO2. The van der Waals surface area contributed by atoms with E-state index in [2.05, 4.69) is 20.4 Å². The van der Waals surface area contributed by atoms with Gasteiger partial charge in [-0.15, -0.1) is 0 Å². The van der Waals surface area contributed by atoms with Crippen molar-refractivity contribution < 1.29 is 23.5 Å². The number of fused-ring (bicyclic) bond motifs is 1. The van der Waals surface area contributed by atoms with Gasteiger partial charge in [-0.1, -0.05) is 0 Å². The topological polar surface area (TPSA) is 83.1 Å². The maximum Gasteiger partial charge on any atom is 0.313 e. The summed E-state index contributed by atoms with van der Waals surface area (Å²) in [5.41, 5.74) is 1.47. The fourth-order valence-corrected chi connectivity index (χ4v) is 3.45. The van der Waals surface area contributed by atoms with Crippen molar-refractivity contribution in [2.75, 3.05) is 56.3 Å². The second-order valence-electron chi connectivity index (χ2n) is 7.08. The Hall–Kier alpha value is -3.33. The molecule has 2 aliphatic rings. The van der Waals surface area contributed by atoms with Crippen molar-refractivity contribution in [3.8, 4) is 11.5 Å². The maximum absolute atomic E-state index is 13.1. The third-order valence-electron chi connectivity index (χ3n) is 5.11. The molecule has 158 valence electrons. The summed E-state index contributed by atoms with van der Waals surface area (Å²) in [4.78, 5) is 28.5. The van der Waals surface area contributed by atoms with Gasteiger partial charge in [0.05, 0.1) is 0 Å². The van der Waals surface area contributed by atoms with Gasteiger partial charge in [0, 0.05) is 56.7 Å². The molecule has 0 aromatic heterocycles. The zero-order valence-corrected chi connectivity index (χ0v) is 16.4. The van der Waals surface area contributed by atoms with Crippen molar-refractivity contribution in [3.05, 3.63) is 48.3 Å². The zero-order valence-electron chi connectivity index (χ0n) is 16.4. The Labute approximate surface area is 173 Å². The molecule has 4 rings (SSSR count). The highest BCUT2D eigenvalue weighted by molar-refractivity contribution is 6.39. The molecule has 0 atom stereocenters. The van der Waals surface area contributed by atoms with E-state index in [0.717, 1.165) is 31.9 Å². The molecular formula is C21H23FN4O4. The van der Waals surface area contributed by atoms with Crippen LogP contribution in [-0.4, -0.2) is 62.8 Å². The summed E-state index contributed by atoms with van der Waals surface area (Å²) in [6.07, 6.45) is 0. The lowest BCUT2D eigenvalue weighted by Gasteiger charge is -2.36. The standard InChI is InChI=1S/C21H23FN4O4/c22-15-1-4-17(5-2-15)26-11-9-25(10-12-26)8-7-23-20(27)21(28)24-16-3-6-18-19(13-16)30-14-29-18/h1-6,13H,7-12,14H2,(H,23,27)(H,24,28). The summed E-state index contributed by atoms with van der Waals surface area (Å²) >= 11 is 0. The van der Waals surface area contributed by atoms with Crippen LogP contribution in [0.1, 0.15) is 0 Å². The number of hydrogen-bond donors (Lipinski definition) is 2. The number of halogens is 1. The van der Waals surface area contributed by atoms with Crippen LogP contribution >= 0.6 is 0 Å². The molecule has 2 heterocycles. The zero-order chi connectivity index (χ0) is 20.9. The quantitative estimate of drug-likeness (QED) is 0.721. The van der Waals surface area contributed by atoms with E-state index >= 15 is 0 Å². The summed E-state index contributed by atoms with van der Waals surface area (Å²) in [6, 6.07) is 11.4.